The van der Waals surface area contributed by atoms with E-state index < -0.39 is 0 Å². The van der Waals surface area contributed by atoms with E-state index >= 15 is 0 Å². The Hall–Kier alpha value is -5.92. The molecule has 208 valence electrons. The van der Waals surface area contributed by atoms with Crippen LogP contribution in [-0.4, -0.2) is 0 Å². The average Bonchev–Trinajstić information content (AvgIpc) is 3.50. The Labute approximate surface area is 259 Å². The van der Waals surface area contributed by atoms with Gasteiger partial charge < -0.3 is 4.42 Å². The predicted octanol–water partition coefficient (Wildman–Crippen LogP) is 12.6. The first-order chi connectivity index (χ1) is 22.3. The van der Waals surface area contributed by atoms with Gasteiger partial charge in [-0.25, -0.2) is 0 Å². The van der Waals surface area contributed by atoms with Gasteiger partial charge in [-0.05, 0) is 94.7 Å². The Morgan fingerprint density at radius 3 is 1.44 bits per heavy atom. The molecule has 0 fully saturated rings. The van der Waals surface area contributed by atoms with Crippen LogP contribution in [0, 0.1) is 0 Å². The van der Waals surface area contributed by atoms with E-state index in [2.05, 4.69) is 158 Å². The molecule has 0 bridgehead atoms. The van der Waals surface area contributed by atoms with Gasteiger partial charge in [0.2, 0.25) is 0 Å². The number of hydrogen-bond acceptors (Lipinski definition) is 1. The summed E-state index contributed by atoms with van der Waals surface area (Å²) >= 11 is 0. The molecule has 1 heteroatoms. The summed E-state index contributed by atoms with van der Waals surface area (Å²) in [6.45, 7) is 0. The van der Waals surface area contributed by atoms with Crippen LogP contribution in [0.15, 0.2) is 162 Å². The molecule has 45 heavy (non-hydrogen) atoms. The standard InChI is InChI=1S/C44H26O/c1-2-13-28(14-3-1)39-31-16-6-8-18-33(31)41(34-19-9-7-17-32(34)39)44-36-21-11-23-38-43(36)42-35(20-10-22-37(42)45-38)40(44)30-25-24-27-12-4-5-15-29(27)26-30/h1-26H. The van der Waals surface area contributed by atoms with Crippen molar-refractivity contribution in [1.29, 1.82) is 0 Å². The fourth-order valence-electron chi connectivity index (χ4n) is 7.77. The fraction of sp³-hybridized carbons (Fsp3) is 0. The molecule has 0 unspecified atom stereocenters. The molecule has 0 saturated heterocycles. The molecule has 1 heterocycles. The summed E-state index contributed by atoms with van der Waals surface area (Å²) in [6.07, 6.45) is 0. The van der Waals surface area contributed by atoms with Crippen molar-refractivity contribution < 1.29 is 4.42 Å². The third-order valence-corrected chi connectivity index (χ3v) is 9.59. The number of hydrogen-bond donors (Lipinski definition) is 0. The van der Waals surface area contributed by atoms with Crippen molar-refractivity contribution >= 4 is 65.0 Å². The molecule has 10 rings (SSSR count). The van der Waals surface area contributed by atoms with E-state index in [0.29, 0.717) is 0 Å². The predicted molar refractivity (Wildman–Crippen MR) is 191 cm³/mol. The van der Waals surface area contributed by atoms with Crippen LogP contribution < -0.4 is 0 Å². The molecule has 1 nitrogen and oxygen atoms in total. The van der Waals surface area contributed by atoms with Gasteiger partial charge in [-0.2, -0.15) is 0 Å². The van der Waals surface area contributed by atoms with Gasteiger partial charge in [0.25, 0.3) is 0 Å². The molecular weight excluding hydrogens is 544 g/mol. The molecule has 0 amide bonds. The van der Waals surface area contributed by atoms with E-state index in [1.54, 1.807) is 0 Å². The van der Waals surface area contributed by atoms with Crippen molar-refractivity contribution in [3.05, 3.63) is 158 Å². The van der Waals surface area contributed by atoms with Crippen LogP contribution in [-0.2, 0) is 0 Å². The largest absolute Gasteiger partial charge is 0.456 e. The second kappa shape index (κ2) is 9.29. The number of rotatable bonds is 3. The van der Waals surface area contributed by atoms with Crippen molar-refractivity contribution in [3.8, 4) is 33.4 Å². The third kappa shape index (κ3) is 3.44. The lowest BCUT2D eigenvalue weighted by Gasteiger charge is -2.22. The zero-order chi connectivity index (χ0) is 29.5. The maximum absolute atomic E-state index is 6.52. The first kappa shape index (κ1) is 24.5. The van der Waals surface area contributed by atoms with Gasteiger partial charge in [-0.1, -0.05) is 140 Å². The second-order valence-corrected chi connectivity index (χ2v) is 12.0. The maximum Gasteiger partial charge on any atom is 0.136 e. The second-order valence-electron chi connectivity index (χ2n) is 12.0. The van der Waals surface area contributed by atoms with Crippen LogP contribution in [0.2, 0.25) is 0 Å². The third-order valence-electron chi connectivity index (χ3n) is 9.59. The van der Waals surface area contributed by atoms with E-state index in [4.69, 9.17) is 4.42 Å². The summed E-state index contributed by atoms with van der Waals surface area (Å²) in [5.41, 5.74) is 9.34. The molecular formula is C44H26O. The van der Waals surface area contributed by atoms with Gasteiger partial charge in [-0.3, -0.25) is 0 Å². The van der Waals surface area contributed by atoms with E-state index in [1.165, 1.54) is 87.2 Å². The highest BCUT2D eigenvalue weighted by atomic mass is 16.3. The quantitative estimate of drug-likeness (QED) is 0.152. The maximum atomic E-state index is 6.52. The molecule has 0 spiro atoms. The fourth-order valence-corrected chi connectivity index (χ4v) is 7.77. The number of fused-ring (bicyclic) bond motifs is 3. The molecule has 0 N–H and O–H groups in total. The summed E-state index contributed by atoms with van der Waals surface area (Å²) < 4.78 is 6.52. The summed E-state index contributed by atoms with van der Waals surface area (Å²) in [4.78, 5) is 0. The molecule has 0 aliphatic heterocycles. The van der Waals surface area contributed by atoms with Gasteiger partial charge in [0.1, 0.15) is 11.2 Å². The monoisotopic (exact) mass is 570 g/mol. The van der Waals surface area contributed by atoms with Crippen molar-refractivity contribution in [2.75, 3.05) is 0 Å². The zero-order valence-corrected chi connectivity index (χ0v) is 24.4. The number of furan rings is 1. The summed E-state index contributed by atoms with van der Waals surface area (Å²) in [7, 11) is 0. The van der Waals surface area contributed by atoms with E-state index in [9.17, 15) is 0 Å². The highest BCUT2D eigenvalue weighted by Crippen LogP contribution is 2.53. The van der Waals surface area contributed by atoms with Gasteiger partial charge in [0.15, 0.2) is 0 Å². The Balaban J connectivity index is 1.47. The van der Waals surface area contributed by atoms with Gasteiger partial charge in [0, 0.05) is 10.8 Å². The lowest BCUT2D eigenvalue weighted by Crippen LogP contribution is -1.95. The highest BCUT2D eigenvalue weighted by molar-refractivity contribution is 6.34. The Morgan fingerprint density at radius 2 is 0.800 bits per heavy atom. The van der Waals surface area contributed by atoms with Crippen molar-refractivity contribution in [1.82, 2.24) is 0 Å². The summed E-state index contributed by atoms with van der Waals surface area (Å²) in [5, 5.41) is 12.3. The summed E-state index contributed by atoms with van der Waals surface area (Å²) in [6, 6.07) is 57.3. The minimum absolute atomic E-state index is 0.930. The van der Waals surface area contributed by atoms with Crippen LogP contribution in [0.1, 0.15) is 0 Å². The number of benzene rings is 9. The topological polar surface area (TPSA) is 13.1 Å². The molecule has 0 radical (unpaired) electrons. The molecule has 0 atom stereocenters. The van der Waals surface area contributed by atoms with Gasteiger partial charge in [-0.15, -0.1) is 0 Å². The first-order valence-electron chi connectivity index (χ1n) is 15.5. The van der Waals surface area contributed by atoms with Crippen molar-refractivity contribution in [3.63, 3.8) is 0 Å². The minimum Gasteiger partial charge on any atom is -0.456 e. The lowest BCUT2D eigenvalue weighted by atomic mass is 9.80. The van der Waals surface area contributed by atoms with Crippen LogP contribution in [0.4, 0.5) is 0 Å². The van der Waals surface area contributed by atoms with Crippen LogP contribution in [0.25, 0.3) is 98.4 Å². The normalized spacial score (nSPS) is 12.0. The Bertz CT molecular complexity index is 2690. The molecule has 9 aromatic carbocycles. The van der Waals surface area contributed by atoms with Gasteiger partial charge >= 0.3 is 0 Å². The van der Waals surface area contributed by atoms with Crippen molar-refractivity contribution in [2.24, 2.45) is 0 Å². The smallest absolute Gasteiger partial charge is 0.136 e. The van der Waals surface area contributed by atoms with Crippen LogP contribution in [0.3, 0.4) is 0 Å². The average molecular weight is 571 g/mol. The molecule has 0 aliphatic carbocycles. The SMILES string of the molecule is c1ccc(-c2c3ccccc3c(-c3c(-c4ccc5ccccc5c4)c4cccc5oc6cccc3c6c54)c3ccccc23)cc1. The molecule has 0 aliphatic rings. The Kier molecular flexibility index (Phi) is 5.06. The van der Waals surface area contributed by atoms with E-state index in [1.807, 2.05) is 0 Å². The molecule has 0 saturated carbocycles. The molecule has 10 aromatic rings. The summed E-state index contributed by atoms with van der Waals surface area (Å²) in [5.74, 6) is 0. The van der Waals surface area contributed by atoms with Crippen LogP contribution >= 0.6 is 0 Å². The van der Waals surface area contributed by atoms with E-state index in [-0.39, 0.29) is 0 Å². The van der Waals surface area contributed by atoms with Gasteiger partial charge in [0.05, 0.1) is 0 Å². The van der Waals surface area contributed by atoms with Crippen LogP contribution in [0.5, 0.6) is 0 Å². The Morgan fingerprint density at radius 1 is 0.289 bits per heavy atom. The zero-order valence-electron chi connectivity index (χ0n) is 24.4. The molecule has 1 aromatic heterocycles. The lowest BCUT2D eigenvalue weighted by molar-refractivity contribution is 0.669. The highest BCUT2D eigenvalue weighted by Gasteiger charge is 2.26. The van der Waals surface area contributed by atoms with E-state index in [0.717, 1.165) is 11.2 Å². The van der Waals surface area contributed by atoms with Crippen molar-refractivity contribution in [2.45, 2.75) is 0 Å². The first-order valence-corrected chi connectivity index (χ1v) is 15.5. The minimum atomic E-state index is 0.930.